The number of benzene rings is 1. The van der Waals surface area contributed by atoms with E-state index in [0.717, 1.165) is 10.9 Å². The molecule has 2 heterocycles. The van der Waals surface area contributed by atoms with Crippen molar-refractivity contribution in [3.05, 3.63) is 52.5 Å². The molecule has 0 aliphatic heterocycles. The van der Waals surface area contributed by atoms with Crippen molar-refractivity contribution in [2.45, 2.75) is 19.9 Å². The van der Waals surface area contributed by atoms with Gasteiger partial charge in [0.15, 0.2) is 0 Å². The van der Waals surface area contributed by atoms with Crippen molar-refractivity contribution in [1.29, 1.82) is 0 Å². The summed E-state index contributed by atoms with van der Waals surface area (Å²) in [4.78, 5) is 15.3. The molecule has 0 radical (unpaired) electrons. The van der Waals surface area contributed by atoms with Crippen molar-refractivity contribution >= 4 is 28.4 Å². The Labute approximate surface area is 126 Å². The first-order valence-corrected chi connectivity index (χ1v) is 6.93. The monoisotopic (exact) mass is 303 g/mol. The van der Waals surface area contributed by atoms with Gasteiger partial charge in [-0.1, -0.05) is 16.8 Å². The van der Waals surface area contributed by atoms with Crippen LogP contribution >= 0.6 is 11.6 Å². The van der Waals surface area contributed by atoms with Crippen LogP contribution in [-0.2, 0) is 0 Å². The number of halogens is 1. The molecule has 0 spiro atoms. The second-order valence-corrected chi connectivity index (χ2v) is 5.41. The number of carbonyl (C=O) groups excluding carboxylic acids is 1. The minimum Gasteiger partial charge on any atom is -0.361 e. The zero-order valence-electron chi connectivity index (χ0n) is 11.6. The summed E-state index contributed by atoms with van der Waals surface area (Å²) in [7, 11) is 0. The fraction of sp³-hybridized carbons (Fsp3) is 0.200. The first-order valence-electron chi connectivity index (χ1n) is 6.55. The van der Waals surface area contributed by atoms with Crippen molar-refractivity contribution in [1.82, 2.24) is 15.5 Å². The Morgan fingerprint density at radius 1 is 1.38 bits per heavy atom. The second kappa shape index (κ2) is 5.26. The molecule has 0 fully saturated rings. The van der Waals surface area contributed by atoms with E-state index >= 15 is 0 Å². The van der Waals surface area contributed by atoms with Gasteiger partial charge >= 0.3 is 0 Å². The van der Waals surface area contributed by atoms with Gasteiger partial charge in [0.05, 0.1) is 6.04 Å². The van der Waals surface area contributed by atoms with Crippen molar-refractivity contribution in [3.8, 4) is 0 Å². The molecule has 0 saturated heterocycles. The summed E-state index contributed by atoms with van der Waals surface area (Å²) in [6.07, 6.45) is 0. The summed E-state index contributed by atoms with van der Waals surface area (Å²) in [6, 6.07) is 8.79. The summed E-state index contributed by atoms with van der Waals surface area (Å²) in [6.45, 7) is 3.67. The Hall–Kier alpha value is -2.27. The van der Waals surface area contributed by atoms with E-state index in [1.54, 1.807) is 18.2 Å². The molecule has 1 amide bonds. The van der Waals surface area contributed by atoms with E-state index in [-0.39, 0.29) is 11.9 Å². The maximum atomic E-state index is 12.3. The van der Waals surface area contributed by atoms with Gasteiger partial charge in [0.25, 0.3) is 5.91 Å². The van der Waals surface area contributed by atoms with Gasteiger partial charge in [0.2, 0.25) is 0 Å². The third-order valence-electron chi connectivity index (χ3n) is 3.26. The van der Waals surface area contributed by atoms with E-state index in [9.17, 15) is 4.79 Å². The first kappa shape index (κ1) is 13.7. The molecule has 5 nitrogen and oxygen atoms in total. The molecule has 0 aliphatic carbocycles. The predicted molar refractivity (Wildman–Crippen MR) is 80.4 cm³/mol. The third-order valence-corrected chi connectivity index (χ3v) is 3.50. The molecule has 3 aromatic rings. The van der Waals surface area contributed by atoms with Crippen LogP contribution in [0.5, 0.6) is 0 Å². The standard InChI is InChI=1S/C15H14ClN3O2/c1-8-5-13(19-21-8)9(2)17-15(20)14-7-10-6-11(16)3-4-12(10)18-14/h3-7,9,18H,1-2H3,(H,17,20). The number of aromatic nitrogens is 2. The number of amides is 1. The van der Waals surface area contributed by atoms with E-state index in [2.05, 4.69) is 15.5 Å². The normalized spacial score (nSPS) is 12.5. The average Bonchev–Trinajstić information content (AvgIpc) is 3.04. The molecule has 6 heteroatoms. The Kier molecular flexibility index (Phi) is 3.43. The number of nitrogens with one attached hydrogen (secondary N) is 2. The predicted octanol–water partition coefficient (Wildman–Crippen LogP) is 3.61. The minimum absolute atomic E-state index is 0.199. The van der Waals surface area contributed by atoms with Gasteiger partial charge in [-0.25, -0.2) is 0 Å². The number of fused-ring (bicyclic) bond motifs is 1. The third kappa shape index (κ3) is 2.78. The highest BCUT2D eigenvalue weighted by molar-refractivity contribution is 6.31. The summed E-state index contributed by atoms with van der Waals surface area (Å²) in [5, 5.41) is 8.31. The fourth-order valence-corrected chi connectivity index (χ4v) is 2.34. The average molecular weight is 304 g/mol. The van der Waals surface area contributed by atoms with E-state index in [4.69, 9.17) is 16.1 Å². The first-order chi connectivity index (χ1) is 10.0. The smallest absolute Gasteiger partial charge is 0.268 e. The van der Waals surface area contributed by atoms with Gasteiger partial charge in [-0.05, 0) is 38.1 Å². The molecule has 108 valence electrons. The highest BCUT2D eigenvalue weighted by atomic mass is 35.5. The van der Waals surface area contributed by atoms with Crippen molar-refractivity contribution in [3.63, 3.8) is 0 Å². The molecular weight excluding hydrogens is 290 g/mol. The maximum absolute atomic E-state index is 12.3. The highest BCUT2D eigenvalue weighted by Gasteiger charge is 2.16. The minimum atomic E-state index is -0.232. The zero-order chi connectivity index (χ0) is 15.0. The van der Waals surface area contributed by atoms with Crippen LogP contribution in [0.2, 0.25) is 5.02 Å². The number of hydrogen-bond donors (Lipinski definition) is 2. The van der Waals surface area contributed by atoms with Gasteiger partial charge in [0, 0.05) is 22.0 Å². The van der Waals surface area contributed by atoms with E-state index in [1.165, 1.54) is 0 Å². The lowest BCUT2D eigenvalue weighted by Crippen LogP contribution is -2.27. The molecule has 2 aromatic heterocycles. The number of carbonyl (C=O) groups is 1. The lowest BCUT2D eigenvalue weighted by molar-refractivity contribution is 0.0934. The van der Waals surface area contributed by atoms with Crippen LogP contribution in [0.3, 0.4) is 0 Å². The molecule has 1 unspecified atom stereocenters. The van der Waals surface area contributed by atoms with Gasteiger partial charge in [-0.2, -0.15) is 0 Å². The van der Waals surface area contributed by atoms with Crippen molar-refractivity contribution < 1.29 is 9.32 Å². The largest absolute Gasteiger partial charge is 0.361 e. The van der Waals surface area contributed by atoms with Gasteiger partial charge in [0.1, 0.15) is 17.1 Å². The van der Waals surface area contributed by atoms with E-state index < -0.39 is 0 Å². The number of nitrogens with zero attached hydrogens (tertiary/aromatic N) is 1. The van der Waals surface area contributed by atoms with Crippen LogP contribution in [0.25, 0.3) is 10.9 Å². The van der Waals surface area contributed by atoms with Crippen molar-refractivity contribution in [2.24, 2.45) is 0 Å². The van der Waals surface area contributed by atoms with Crippen molar-refractivity contribution in [2.75, 3.05) is 0 Å². The summed E-state index contributed by atoms with van der Waals surface area (Å²) >= 11 is 5.94. The Morgan fingerprint density at radius 2 is 2.19 bits per heavy atom. The lowest BCUT2D eigenvalue weighted by atomic mass is 10.2. The number of aryl methyl sites for hydroxylation is 1. The Bertz CT molecular complexity index is 806. The second-order valence-electron chi connectivity index (χ2n) is 4.97. The molecule has 1 aromatic carbocycles. The number of hydrogen-bond acceptors (Lipinski definition) is 3. The molecule has 0 saturated carbocycles. The van der Waals surface area contributed by atoms with E-state index in [1.807, 2.05) is 26.0 Å². The van der Waals surface area contributed by atoms with Gasteiger partial charge < -0.3 is 14.8 Å². The Morgan fingerprint density at radius 3 is 2.90 bits per heavy atom. The SMILES string of the molecule is Cc1cc(C(C)NC(=O)c2cc3cc(Cl)ccc3[nH]2)no1. The fourth-order valence-electron chi connectivity index (χ4n) is 2.16. The van der Waals surface area contributed by atoms with Crippen LogP contribution in [0, 0.1) is 6.92 Å². The summed E-state index contributed by atoms with van der Waals surface area (Å²) in [5.74, 6) is 0.516. The number of rotatable bonds is 3. The highest BCUT2D eigenvalue weighted by Crippen LogP contribution is 2.20. The quantitative estimate of drug-likeness (QED) is 0.776. The summed E-state index contributed by atoms with van der Waals surface area (Å²) < 4.78 is 5.01. The van der Waals surface area contributed by atoms with Gasteiger partial charge in [-0.15, -0.1) is 0 Å². The molecule has 3 rings (SSSR count). The van der Waals surface area contributed by atoms with Crippen LogP contribution in [0.4, 0.5) is 0 Å². The molecule has 21 heavy (non-hydrogen) atoms. The van der Waals surface area contributed by atoms with Crippen LogP contribution in [-0.4, -0.2) is 16.0 Å². The Balaban J connectivity index is 1.80. The summed E-state index contributed by atoms with van der Waals surface area (Å²) in [5.41, 5.74) is 2.05. The van der Waals surface area contributed by atoms with Crippen LogP contribution in [0.1, 0.15) is 34.9 Å². The molecule has 2 N–H and O–H groups in total. The lowest BCUT2D eigenvalue weighted by Gasteiger charge is -2.09. The van der Waals surface area contributed by atoms with Gasteiger partial charge in [-0.3, -0.25) is 4.79 Å². The molecule has 1 atom stereocenters. The van der Waals surface area contributed by atoms with Crippen LogP contribution in [0.15, 0.2) is 34.9 Å². The topological polar surface area (TPSA) is 70.9 Å². The van der Waals surface area contributed by atoms with Crippen LogP contribution < -0.4 is 5.32 Å². The zero-order valence-corrected chi connectivity index (χ0v) is 12.4. The molecule has 0 aliphatic rings. The molecule has 0 bridgehead atoms. The number of aromatic amines is 1. The molecular formula is C15H14ClN3O2. The maximum Gasteiger partial charge on any atom is 0.268 e. The number of H-pyrrole nitrogens is 1. The van der Waals surface area contributed by atoms with E-state index in [0.29, 0.717) is 22.2 Å².